The van der Waals surface area contributed by atoms with E-state index in [4.69, 9.17) is 30.4 Å². The molecule has 0 aliphatic rings. The first-order valence-electron chi connectivity index (χ1n) is 23.9. The highest BCUT2D eigenvalue weighted by molar-refractivity contribution is 5.94. The third-order valence-corrected chi connectivity index (χ3v) is 10.6. The van der Waals surface area contributed by atoms with Crippen LogP contribution in [0.25, 0.3) is 22.3 Å². The van der Waals surface area contributed by atoms with E-state index >= 15 is 0 Å². The topological polar surface area (TPSA) is 445 Å². The van der Waals surface area contributed by atoms with E-state index in [0.29, 0.717) is 5.56 Å². The number of carbonyl (C=O) groups is 8. The highest BCUT2D eigenvalue weighted by Gasteiger charge is 2.27. The molecule has 0 radical (unpaired) electrons. The van der Waals surface area contributed by atoms with Crippen molar-refractivity contribution in [2.75, 3.05) is 50.5 Å². The lowest BCUT2D eigenvalue weighted by Crippen LogP contribution is -2.49. The first-order valence-corrected chi connectivity index (χ1v) is 23.9. The summed E-state index contributed by atoms with van der Waals surface area (Å²) in [5, 5.41) is 5.58. The average Bonchev–Trinajstić information content (AvgIpc) is 3.92. The van der Waals surface area contributed by atoms with Gasteiger partial charge in [0.2, 0.25) is 17.8 Å². The molecule has 0 saturated heterocycles. The van der Waals surface area contributed by atoms with Gasteiger partial charge in [-0.2, -0.15) is 4.98 Å². The van der Waals surface area contributed by atoms with Gasteiger partial charge in [-0.05, 0) is 26.3 Å². The summed E-state index contributed by atoms with van der Waals surface area (Å²) in [5.74, 6) is -6.63. The number of H-pyrrole nitrogens is 2. The van der Waals surface area contributed by atoms with Crippen LogP contribution in [0.1, 0.15) is 50.6 Å². The molecule has 1 aromatic carbocycles. The Bertz CT molecular complexity index is 3430. The summed E-state index contributed by atoms with van der Waals surface area (Å²) in [5.41, 5.74) is 16.1. The molecule has 34 nitrogen and oxygen atoms in total. The molecule has 0 bridgehead atoms. The molecule has 34 heteroatoms. The molecular formula is C45H55N19O15. The maximum Gasteiger partial charge on any atom is 0.413 e. The van der Waals surface area contributed by atoms with Crippen LogP contribution in [0, 0.1) is 0 Å². The van der Waals surface area contributed by atoms with E-state index in [1.807, 2.05) is 4.98 Å². The molecule has 420 valence electrons. The molecule has 5 aromatic heterocycles. The lowest BCUT2D eigenvalue weighted by atomic mass is 10.2. The normalized spacial score (nSPS) is 11.2. The monoisotopic (exact) mass is 1100 g/mol. The van der Waals surface area contributed by atoms with Crippen LogP contribution in [0.5, 0.6) is 0 Å². The summed E-state index contributed by atoms with van der Waals surface area (Å²) >= 11 is 0. The highest BCUT2D eigenvalue weighted by Crippen LogP contribution is 2.22. The number of carbonyl (C=O) groups excluding carboxylic acids is 8. The van der Waals surface area contributed by atoms with Crippen molar-refractivity contribution in [3.8, 4) is 0 Å². The average molecular weight is 1100 g/mol. The van der Waals surface area contributed by atoms with Gasteiger partial charge in [-0.15, -0.1) is 0 Å². The van der Waals surface area contributed by atoms with E-state index < -0.39 is 129 Å². The second kappa shape index (κ2) is 27.2. The van der Waals surface area contributed by atoms with Crippen LogP contribution in [-0.4, -0.2) is 151 Å². The molecule has 5 amide bonds. The number of hydrogen-bond acceptors (Lipinski definition) is 24. The molecule has 0 atom stereocenters. The number of aromatic nitrogens is 10. The van der Waals surface area contributed by atoms with Gasteiger partial charge in [0, 0.05) is 18.7 Å². The number of nitrogen functional groups attached to an aromatic ring is 1. The van der Waals surface area contributed by atoms with Crippen LogP contribution < -0.4 is 49.9 Å². The fourth-order valence-corrected chi connectivity index (χ4v) is 7.57. The zero-order valence-electron chi connectivity index (χ0n) is 42.9. The van der Waals surface area contributed by atoms with Crippen molar-refractivity contribution in [2.45, 2.75) is 73.6 Å². The number of aromatic amines is 2. The number of imidazole rings is 2. The second-order valence-electron chi connectivity index (χ2n) is 16.6. The largest absolute Gasteiger partial charge is 0.465 e. The standard InChI is InChI=1S/C45H55N19O15/c1-5-76-34(70)20-59(56-25(4)65)14-27-13-31(67)52-44(74)62(27)18-32(68)57-61(22-36(72)78-7-3)17-30-51-38-41(54-43(47)55-42(38)73)64(30)19-33(69)58-60(21-35(71)77-6-2)16-29-50-37-39(48-24-49-40(37)63(29)15-28(46)66)53-45(75)79-23-26-11-9-8-10-12-26/h8-13,24H,5-7,14-23H2,1-4H3,(H2,46,66)(H,56,65)(H,57,68)(H,58,69)(H,52,67,74)(H3,47,54,55,73)(H,48,49,53,75). The Kier molecular flexibility index (Phi) is 20.1. The lowest BCUT2D eigenvalue weighted by Gasteiger charge is -2.25. The number of amides is 5. The van der Waals surface area contributed by atoms with Gasteiger partial charge in [0.05, 0.1) is 39.5 Å². The van der Waals surface area contributed by atoms with Crippen LogP contribution in [0.15, 0.2) is 57.1 Å². The number of esters is 3. The number of nitrogens with one attached hydrogen (secondary N) is 6. The van der Waals surface area contributed by atoms with E-state index in [2.05, 4.69) is 51.5 Å². The maximum atomic E-state index is 14.3. The van der Waals surface area contributed by atoms with Crippen LogP contribution in [-0.2, 0) is 98.4 Å². The van der Waals surface area contributed by atoms with Crippen molar-refractivity contribution in [2.24, 2.45) is 5.73 Å². The number of rotatable bonds is 27. The van der Waals surface area contributed by atoms with E-state index in [1.165, 1.54) is 11.5 Å². The van der Waals surface area contributed by atoms with E-state index in [9.17, 15) is 52.7 Å². The number of benzene rings is 1. The number of hydrazine groups is 3. The summed E-state index contributed by atoms with van der Waals surface area (Å²) in [6, 6.07) is 9.78. The molecule has 0 spiro atoms. The Morgan fingerprint density at radius 1 is 0.646 bits per heavy atom. The predicted molar refractivity (Wildman–Crippen MR) is 270 cm³/mol. The SMILES string of the molecule is CCOC(=O)CN(Cc1cc(=O)[nH]c(=O)n1CC(=O)NN(CC(=O)OCC)Cc1nc2c(=O)[nH]c(N)nc2n1CC(=O)NN(CC(=O)OCC)Cc1nc2c(NC(=O)OCc3ccccc3)ncnc2n1CC(N)=O)NC(C)=O. The van der Waals surface area contributed by atoms with Gasteiger partial charge in [0.25, 0.3) is 22.9 Å². The van der Waals surface area contributed by atoms with Gasteiger partial charge >= 0.3 is 29.7 Å². The molecule has 79 heavy (non-hydrogen) atoms. The van der Waals surface area contributed by atoms with Crippen molar-refractivity contribution < 1.29 is 57.3 Å². The first kappa shape index (κ1) is 58.3. The summed E-state index contributed by atoms with van der Waals surface area (Å²) in [7, 11) is 0. The summed E-state index contributed by atoms with van der Waals surface area (Å²) in [6.07, 6.45) is 0.178. The number of nitrogens with zero attached hydrogens (tertiary/aromatic N) is 11. The minimum Gasteiger partial charge on any atom is -0.465 e. The number of hydrogen-bond donors (Lipinski definition) is 8. The minimum atomic E-state index is -1.07. The smallest absolute Gasteiger partial charge is 0.413 e. The van der Waals surface area contributed by atoms with Gasteiger partial charge in [0.1, 0.15) is 63.9 Å². The van der Waals surface area contributed by atoms with Crippen molar-refractivity contribution in [1.82, 2.24) is 79.9 Å². The van der Waals surface area contributed by atoms with Crippen LogP contribution in [0.2, 0.25) is 0 Å². The molecule has 5 heterocycles. The van der Waals surface area contributed by atoms with Crippen molar-refractivity contribution >= 4 is 81.7 Å². The third-order valence-electron chi connectivity index (χ3n) is 10.6. The first-order chi connectivity index (χ1) is 37.7. The number of primary amides is 1. The molecule has 10 N–H and O–H groups in total. The summed E-state index contributed by atoms with van der Waals surface area (Å²) in [6.45, 7) is 0.00718. The van der Waals surface area contributed by atoms with Crippen molar-refractivity contribution in [1.29, 1.82) is 0 Å². The number of fused-ring (bicyclic) bond motifs is 2. The molecule has 0 saturated carbocycles. The quantitative estimate of drug-likeness (QED) is 0.0141. The molecule has 6 aromatic rings. The molecule has 0 unspecified atom stereocenters. The number of anilines is 2. The molecular weight excluding hydrogens is 1050 g/mol. The highest BCUT2D eigenvalue weighted by atomic mass is 16.6. The second-order valence-corrected chi connectivity index (χ2v) is 16.6. The van der Waals surface area contributed by atoms with E-state index in [0.717, 1.165) is 43.5 Å². The van der Waals surface area contributed by atoms with Gasteiger partial charge in [-0.3, -0.25) is 79.3 Å². The van der Waals surface area contributed by atoms with Gasteiger partial charge in [0.15, 0.2) is 28.1 Å². The molecule has 0 aliphatic carbocycles. The maximum absolute atomic E-state index is 14.3. The van der Waals surface area contributed by atoms with Crippen LogP contribution in [0.4, 0.5) is 16.6 Å². The summed E-state index contributed by atoms with van der Waals surface area (Å²) < 4.78 is 23.8. The van der Waals surface area contributed by atoms with Gasteiger partial charge < -0.3 is 39.5 Å². The molecule has 0 aliphatic heterocycles. The lowest BCUT2D eigenvalue weighted by molar-refractivity contribution is -0.148. The summed E-state index contributed by atoms with van der Waals surface area (Å²) in [4.78, 5) is 169. The van der Waals surface area contributed by atoms with Gasteiger partial charge in [-0.25, -0.2) is 44.6 Å². The van der Waals surface area contributed by atoms with Crippen LogP contribution >= 0.6 is 0 Å². The zero-order valence-corrected chi connectivity index (χ0v) is 42.9. The molecule has 0 fully saturated rings. The third kappa shape index (κ3) is 16.5. The fraction of sp³-hybridized carbons (Fsp3) is 0.378. The fourth-order valence-electron chi connectivity index (χ4n) is 7.57. The molecule has 6 rings (SSSR count). The van der Waals surface area contributed by atoms with Crippen molar-refractivity contribution in [3.05, 3.63) is 96.8 Å². The Morgan fingerprint density at radius 3 is 1.75 bits per heavy atom. The Balaban J connectivity index is 1.30. The van der Waals surface area contributed by atoms with Gasteiger partial charge in [-0.1, -0.05) is 30.3 Å². The Morgan fingerprint density at radius 2 is 1.19 bits per heavy atom. The van der Waals surface area contributed by atoms with E-state index in [1.54, 1.807) is 44.2 Å². The van der Waals surface area contributed by atoms with Crippen LogP contribution in [0.3, 0.4) is 0 Å². The number of ether oxygens (including phenoxy) is 4. The minimum absolute atomic E-state index is 0.00752. The number of nitrogens with two attached hydrogens (primary N) is 2. The Hall–Kier alpha value is -9.96. The predicted octanol–water partition coefficient (Wildman–Crippen LogP) is -3.47. The Labute approximate surface area is 444 Å². The van der Waals surface area contributed by atoms with E-state index in [-0.39, 0.29) is 71.9 Å². The zero-order chi connectivity index (χ0) is 57.3. The van der Waals surface area contributed by atoms with Crippen molar-refractivity contribution in [3.63, 3.8) is 0 Å².